The maximum Gasteiger partial charge on any atom is 0.393 e. The second kappa shape index (κ2) is 8.30. The van der Waals surface area contributed by atoms with E-state index < -0.39 is 18.1 Å². The number of hydrogen-bond donors (Lipinski definition) is 2. The minimum atomic E-state index is -4.24. The molecule has 0 spiro atoms. The number of rotatable bonds is 5. The Balaban J connectivity index is 1.78. The van der Waals surface area contributed by atoms with Crippen LogP contribution in [0.15, 0.2) is 0 Å². The molecule has 1 amide bonds. The molecule has 0 radical (unpaired) electrons. The fourth-order valence-corrected chi connectivity index (χ4v) is 3.46. The number of alkyl halides is 3. The van der Waals surface area contributed by atoms with E-state index in [1.54, 1.807) is 0 Å². The molecule has 8 heteroatoms. The van der Waals surface area contributed by atoms with Gasteiger partial charge in [0.2, 0.25) is 5.91 Å². The minimum absolute atomic E-state index is 0.105. The summed E-state index contributed by atoms with van der Waals surface area (Å²) in [6.07, 6.45) is -2.43. The maximum absolute atomic E-state index is 13.0. The van der Waals surface area contributed by atoms with Crippen LogP contribution >= 0.6 is 0 Å². The van der Waals surface area contributed by atoms with E-state index in [-0.39, 0.29) is 25.5 Å². The Morgan fingerprint density at radius 2 is 1.70 bits per heavy atom. The molecule has 2 fully saturated rings. The number of hydrogen-bond acceptors (Lipinski definition) is 4. The minimum Gasteiger partial charge on any atom is -0.395 e. The molecule has 1 saturated heterocycles. The molecule has 0 aromatic heterocycles. The Hall–Kier alpha value is -0.860. The van der Waals surface area contributed by atoms with Gasteiger partial charge in [-0.2, -0.15) is 13.2 Å². The highest BCUT2D eigenvalue weighted by atomic mass is 19.4. The van der Waals surface area contributed by atoms with Crippen molar-refractivity contribution in [1.82, 2.24) is 15.1 Å². The number of piperazine rings is 1. The highest BCUT2D eigenvalue weighted by molar-refractivity contribution is 5.78. The molecular formula is C15H26F3N3O2. The summed E-state index contributed by atoms with van der Waals surface area (Å²) in [6.45, 7) is 3.80. The number of nitrogens with zero attached hydrogens (tertiary/aromatic N) is 2. The number of halogens is 3. The van der Waals surface area contributed by atoms with Crippen LogP contribution in [0.1, 0.15) is 25.7 Å². The summed E-state index contributed by atoms with van der Waals surface area (Å²) in [5, 5.41) is 11.5. The van der Waals surface area contributed by atoms with E-state index in [4.69, 9.17) is 5.11 Å². The summed E-state index contributed by atoms with van der Waals surface area (Å²) in [4.78, 5) is 16.1. The van der Waals surface area contributed by atoms with Crippen LogP contribution in [0, 0.1) is 5.92 Å². The molecular weight excluding hydrogens is 311 g/mol. The quantitative estimate of drug-likeness (QED) is 0.780. The van der Waals surface area contributed by atoms with Crippen LogP contribution < -0.4 is 5.32 Å². The standard InChI is InChI=1S/C15H26F3N3O2/c16-15(17,18)12-3-1-2-4-13(12)19-14(23)11-21-7-5-20(6-8-21)9-10-22/h12-13,22H,1-11H2,(H,19,23)/t12-,13-/m0/s1. The zero-order valence-corrected chi connectivity index (χ0v) is 13.3. The Kier molecular flexibility index (Phi) is 6.67. The van der Waals surface area contributed by atoms with Crippen molar-refractivity contribution in [1.29, 1.82) is 0 Å². The van der Waals surface area contributed by atoms with Crippen molar-refractivity contribution >= 4 is 5.91 Å². The third-order valence-electron chi connectivity index (χ3n) is 4.78. The Morgan fingerprint density at radius 3 is 2.30 bits per heavy atom. The monoisotopic (exact) mass is 337 g/mol. The van der Waals surface area contributed by atoms with Crippen molar-refractivity contribution in [2.24, 2.45) is 5.92 Å². The molecule has 0 bridgehead atoms. The van der Waals surface area contributed by atoms with Crippen LogP contribution in [0.2, 0.25) is 0 Å². The van der Waals surface area contributed by atoms with Crippen molar-refractivity contribution in [3.05, 3.63) is 0 Å². The molecule has 0 aromatic carbocycles. The van der Waals surface area contributed by atoms with Crippen LogP contribution in [-0.2, 0) is 4.79 Å². The largest absolute Gasteiger partial charge is 0.395 e. The second-order valence-electron chi connectivity index (χ2n) is 6.45. The molecule has 2 aliphatic rings. The zero-order chi connectivity index (χ0) is 16.9. The van der Waals surface area contributed by atoms with Crippen LogP contribution in [0.25, 0.3) is 0 Å². The lowest BCUT2D eigenvalue weighted by Gasteiger charge is -2.36. The molecule has 1 heterocycles. The van der Waals surface area contributed by atoms with Gasteiger partial charge in [-0.05, 0) is 12.8 Å². The van der Waals surface area contributed by atoms with Gasteiger partial charge in [0.1, 0.15) is 0 Å². The van der Waals surface area contributed by atoms with Gasteiger partial charge < -0.3 is 10.4 Å². The number of carbonyl (C=O) groups excluding carboxylic acids is 1. The number of nitrogens with one attached hydrogen (secondary N) is 1. The summed E-state index contributed by atoms with van der Waals surface area (Å²) in [5.41, 5.74) is 0. The first kappa shape index (κ1) is 18.5. The number of aliphatic hydroxyl groups excluding tert-OH is 1. The zero-order valence-electron chi connectivity index (χ0n) is 13.3. The second-order valence-corrected chi connectivity index (χ2v) is 6.45. The number of carbonyl (C=O) groups is 1. The fourth-order valence-electron chi connectivity index (χ4n) is 3.46. The fraction of sp³-hybridized carbons (Fsp3) is 0.933. The topological polar surface area (TPSA) is 55.8 Å². The van der Waals surface area contributed by atoms with Gasteiger partial charge >= 0.3 is 6.18 Å². The van der Waals surface area contributed by atoms with E-state index in [0.717, 1.165) is 19.5 Å². The molecule has 2 N–H and O–H groups in total. The lowest BCUT2D eigenvalue weighted by Crippen LogP contribution is -2.53. The van der Waals surface area contributed by atoms with Gasteiger partial charge in [-0.3, -0.25) is 14.6 Å². The Bertz CT molecular complexity index is 385. The molecule has 2 atom stereocenters. The molecule has 2 rings (SSSR count). The first-order valence-electron chi connectivity index (χ1n) is 8.32. The first-order chi connectivity index (χ1) is 10.9. The smallest absolute Gasteiger partial charge is 0.393 e. The number of amides is 1. The SMILES string of the molecule is O=C(CN1CCN(CCO)CC1)N[C@H]1CCCC[C@@H]1C(F)(F)F. The van der Waals surface area contributed by atoms with E-state index in [2.05, 4.69) is 10.2 Å². The lowest BCUT2D eigenvalue weighted by atomic mass is 9.84. The molecule has 5 nitrogen and oxygen atoms in total. The van der Waals surface area contributed by atoms with E-state index >= 15 is 0 Å². The molecule has 23 heavy (non-hydrogen) atoms. The third kappa shape index (κ3) is 5.61. The molecule has 1 aliphatic heterocycles. The average Bonchev–Trinajstić information content (AvgIpc) is 2.49. The van der Waals surface area contributed by atoms with E-state index in [0.29, 0.717) is 32.5 Å². The van der Waals surface area contributed by atoms with Gasteiger partial charge in [-0.1, -0.05) is 12.8 Å². The van der Waals surface area contributed by atoms with Gasteiger partial charge in [0.05, 0.1) is 19.1 Å². The normalized spacial score (nSPS) is 27.8. The summed E-state index contributed by atoms with van der Waals surface area (Å²) < 4.78 is 39.1. The van der Waals surface area contributed by atoms with Crippen molar-refractivity contribution in [2.75, 3.05) is 45.9 Å². The molecule has 1 aliphatic carbocycles. The predicted octanol–water partition coefficient (Wildman–Crippen LogP) is 0.834. The summed E-state index contributed by atoms with van der Waals surface area (Å²) >= 11 is 0. The number of aliphatic hydroxyl groups is 1. The van der Waals surface area contributed by atoms with Crippen molar-refractivity contribution < 1.29 is 23.1 Å². The van der Waals surface area contributed by atoms with Crippen LogP contribution in [-0.4, -0.2) is 78.9 Å². The van der Waals surface area contributed by atoms with Crippen LogP contribution in [0.3, 0.4) is 0 Å². The Morgan fingerprint density at radius 1 is 1.09 bits per heavy atom. The summed E-state index contributed by atoms with van der Waals surface area (Å²) in [6, 6.07) is -0.785. The lowest BCUT2D eigenvalue weighted by molar-refractivity contribution is -0.189. The highest BCUT2D eigenvalue weighted by Gasteiger charge is 2.45. The van der Waals surface area contributed by atoms with Gasteiger partial charge in [-0.15, -0.1) is 0 Å². The molecule has 1 saturated carbocycles. The summed E-state index contributed by atoms with van der Waals surface area (Å²) in [7, 11) is 0. The summed E-state index contributed by atoms with van der Waals surface area (Å²) in [5.74, 6) is -1.73. The van der Waals surface area contributed by atoms with Gasteiger partial charge in [0.15, 0.2) is 0 Å². The predicted molar refractivity (Wildman–Crippen MR) is 79.9 cm³/mol. The van der Waals surface area contributed by atoms with Crippen molar-refractivity contribution in [2.45, 2.75) is 37.9 Å². The third-order valence-corrected chi connectivity index (χ3v) is 4.78. The van der Waals surface area contributed by atoms with Gasteiger partial charge in [-0.25, -0.2) is 0 Å². The van der Waals surface area contributed by atoms with E-state index in [1.807, 2.05) is 4.90 Å². The van der Waals surface area contributed by atoms with Crippen LogP contribution in [0.4, 0.5) is 13.2 Å². The van der Waals surface area contributed by atoms with Gasteiger partial charge in [0.25, 0.3) is 0 Å². The van der Waals surface area contributed by atoms with E-state index in [9.17, 15) is 18.0 Å². The van der Waals surface area contributed by atoms with Gasteiger partial charge in [0, 0.05) is 38.8 Å². The van der Waals surface area contributed by atoms with Crippen molar-refractivity contribution in [3.63, 3.8) is 0 Å². The van der Waals surface area contributed by atoms with Crippen LogP contribution in [0.5, 0.6) is 0 Å². The molecule has 0 unspecified atom stereocenters. The highest BCUT2D eigenvalue weighted by Crippen LogP contribution is 2.37. The first-order valence-corrected chi connectivity index (χ1v) is 8.32. The maximum atomic E-state index is 13.0. The number of β-amino-alcohol motifs (C(OH)–C–C–N with tert-alkyl or cyclic N) is 1. The molecule has 0 aromatic rings. The Labute approximate surface area is 134 Å². The van der Waals surface area contributed by atoms with Crippen molar-refractivity contribution in [3.8, 4) is 0 Å². The van der Waals surface area contributed by atoms with E-state index in [1.165, 1.54) is 0 Å². The molecule has 134 valence electrons. The average molecular weight is 337 g/mol.